The number of halogens is 1. The summed E-state index contributed by atoms with van der Waals surface area (Å²) in [5.41, 5.74) is 5.65. The molecule has 0 atom stereocenters. The van der Waals surface area contributed by atoms with Crippen LogP contribution in [0.25, 0.3) is 0 Å². The molecule has 2 N–H and O–H groups in total. The van der Waals surface area contributed by atoms with E-state index in [0.717, 1.165) is 0 Å². The fourth-order valence-electron chi connectivity index (χ4n) is 0.694. The number of pyridine rings is 1. The maximum atomic E-state index is 11.0. The van der Waals surface area contributed by atoms with Crippen molar-refractivity contribution in [2.75, 3.05) is 6.54 Å². The molecule has 0 radical (unpaired) electrons. The van der Waals surface area contributed by atoms with E-state index in [9.17, 15) is 4.79 Å². The van der Waals surface area contributed by atoms with Crippen molar-refractivity contribution >= 4 is 17.4 Å². The van der Waals surface area contributed by atoms with Crippen LogP contribution in [-0.4, -0.2) is 17.3 Å². The summed E-state index contributed by atoms with van der Waals surface area (Å²) in [6.45, 7) is 0.000340. The smallest absolute Gasteiger partial charge is 0.176 e. The Bertz CT molecular complexity index is 275. The first kappa shape index (κ1) is 8.17. The lowest BCUT2D eigenvalue weighted by Crippen LogP contribution is -2.13. The Morgan fingerprint density at radius 2 is 2.45 bits per heavy atom. The van der Waals surface area contributed by atoms with Gasteiger partial charge in [0.2, 0.25) is 0 Å². The van der Waals surface area contributed by atoms with Gasteiger partial charge in [-0.05, 0) is 12.1 Å². The highest BCUT2D eigenvalue weighted by molar-refractivity contribution is 6.29. The Balaban J connectivity index is 2.96. The standard InChI is InChI=1S/C7H7ClN2O/c8-7-3-5(1-2-10-7)6(11)4-9/h1-3H,4,9H2. The normalized spacial score (nSPS) is 9.64. The monoisotopic (exact) mass is 170 g/mol. The first-order valence-corrected chi connectivity index (χ1v) is 3.46. The van der Waals surface area contributed by atoms with Crippen LogP contribution in [0.2, 0.25) is 5.15 Å². The number of nitrogens with zero attached hydrogens (tertiary/aromatic N) is 1. The van der Waals surface area contributed by atoms with Crippen LogP contribution in [0.1, 0.15) is 10.4 Å². The average Bonchev–Trinajstić information content (AvgIpc) is 2.03. The highest BCUT2D eigenvalue weighted by Crippen LogP contribution is 2.06. The summed E-state index contributed by atoms with van der Waals surface area (Å²) < 4.78 is 0. The second-order valence-electron chi connectivity index (χ2n) is 1.99. The Hall–Kier alpha value is -0.930. The number of nitrogens with two attached hydrogens (primary N) is 1. The Morgan fingerprint density at radius 3 is 3.00 bits per heavy atom. The lowest BCUT2D eigenvalue weighted by molar-refractivity contribution is 0.100. The van der Waals surface area contributed by atoms with Crippen LogP contribution in [0.5, 0.6) is 0 Å². The summed E-state index contributed by atoms with van der Waals surface area (Å²) in [6.07, 6.45) is 1.48. The molecule has 0 saturated carbocycles. The lowest BCUT2D eigenvalue weighted by atomic mass is 10.2. The predicted octanol–water partition coefficient (Wildman–Crippen LogP) is 0.876. The zero-order chi connectivity index (χ0) is 8.27. The minimum atomic E-state index is -0.130. The van der Waals surface area contributed by atoms with E-state index >= 15 is 0 Å². The van der Waals surface area contributed by atoms with E-state index in [1.165, 1.54) is 12.3 Å². The van der Waals surface area contributed by atoms with Gasteiger partial charge in [-0.2, -0.15) is 0 Å². The number of ketones is 1. The van der Waals surface area contributed by atoms with Gasteiger partial charge in [0.15, 0.2) is 5.78 Å². The Labute approximate surface area is 69.2 Å². The molecule has 11 heavy (non-hydrogen) atoms. The van der Waals surface area contributed by atoms with E-state index in [4.69, 9.17) is 17.3 Å². The highest BCUT2D eigenvalue weighted by Gasteiger charge is 2.02. The number of aromatic nitrogens is 1. The minimum Gasteiger partial charge on any atom is -0.324 e. The maximum absolute atomic E-state index is 11.0. The van der Waals surface area contributed by atoms with Gasteiger partial charge in [-0.1, -0.05) is 11.6 Å². The summed E-state index contributed by atoms with van der Waals surface area (Å²) >= 11 is 5.54. The molecule has 0 amide bonds. The van der Waals surface area contributed by atoms with Crippen LogP contribution in [0.3, 0.4) is 0 Å². The third-order valence-electron chi connectivity index (χ3n) is 1.23. The van der Waals surface area contributed by atoms with Crippen molar-refractivity contribution in [2.24, 2.45) is 5.73 Å². The predicted molar refractivity (Wildman–Crippen MR) is 42.6 cm³/mol. The summed E-state index contributed by atoms with van der Waals surface area (Å²) in [5.74, 6) is -0.130. The molecule has 58 valence electrons. The molecule has 3 nitrogen and oxygen atoms in total. The van der Waals surface area contributed by atoms with Crippen molar-refractivity contribution in [3.05, 3.63) is 29.0 Å². The molecule has 0 aliphatic rings. The number of carbonyl (C=O) groups is 1. The molecule has 0 fully saturated rings. The van der Waals surface area contributed by atoms with Gasteiger partial charge in [0.05, 0.1) is 6.54 Å². The highest BCUT2D eigenvalue weighted by atomic mass is 35.5. The average molecular weight is 171 g/mol. The van der Waals surface area contributed by atoms with Gasteiger partial charge in [-0.3, -0.25) is 4.79 Å². The molecule has 0 bridgehead atoms. The van der Waals surface area contributed by atoms with Crippen LogP contribution in [0.15, 0.2) is 18.3 Å². The molecule has 0 saturated heterocycles. The first-order valence-electron chi connectivity index (χ1n) is 3.09. The molecule has 1 rings (SSSR count). The van der Waals surface area contributed by atoms with Gasteiger partial charge in [-0.15, -0.1) is 0 Å². The summed E-state index contributed by atoms with van der Waals surface area (Å²) in [7, 11) is 0. The SMILES string of the molecule is NCC(=O)c1ccnc(Cl)c1. The zero-order valence-corrected chi connectivity index (χ0v) is 6.51. The second-order valence-corrected chi connectivity index (χ2v) is 2.38. The first-order chi connectivity index (χ1) is 5.24. The van der Waals surface area contributed by atoms with Gasteiger partial charge in [0.25, 0.3) is 0 Å². The van der Waals surface area contributed by atoms with E-state index in [-0.39, 0.29) is 12.3 Å². The van der Waals surface area contributed by atoms with Crippen molar-refractivity contribution < 1.29 is 4.79 Å². The summed E-state index contributed by atoms with van der Waals surface area (Å²) in [6, 6.07) is 3.08. The Kier molecular flexibility index (Phi) is 2.57. The molecule has 0 aliphatic carbocycles. The zero-order valence-electron chi connectivity index (χ0n) is 5.75. The maximum Gasteiger partial charge on any atom is 0.176 e. The van der Waals surface area contributed by atoms with Crippen molar-refractivity contribution in [1.29, 1.82) is 0 Å². The van der Waals surface area contributed by atoms with E-state index in [0.29, 0.717) is 10.7 Å². The molecular weight excluding hydrogens is 164 g/mol. The Morgan fingerprint density at radius 1 is 1.73 bits per heavy atom. The summed E-state index contributed by atoms with van der Waals surface area (Å²) in [4.78, 5) is 14.7. The molecule has 1 aromatic heterocycles. The van der Waals surface area contributed by atoms with E-state index < -0.39 is 0 Å². The number of hydrogen-bond donors (Lipinski definition) is 1. The van der Waals surface area contributed by atoms with Crippen molar-refractivity contribution in [2.45, 2.75) is 0 Å². The van der Waals surface area contributed by atoms with Gasteiger partial charge >= 0.3 is 0 Å². The molecule has 0 aromatic carbocycles. The molecule has 0 spiro atoms. The molecule has 1 aromatic rings. The number of hydrogen-bond acceptors (Lipinski definition) is 3. The summed E-state index contributed by atoms with van der Waals surface area (Å²) in [5, 5.41) is 0.310. The minimum absolute atomic E-state index is 0.000340. The molecule has 4 heteroatoms. The topological polar surface area (TPSA) is 56.0 Å². The third-order valence-corrected chi connectivity index (χ3v) is 1.44. The van der Waals surface area contributed by atoms with Crippen molar-refractivity contribution in [3.8, 4) is 0 Å². The number of rotatable bonds is 2. The third kappa shape index (κ3) is 2.00. The van der Waals surface area contributed by atoms with Gasteiger partial charge < -0.3 is 5.73 Å². The molecule has 1 heterocycles. The number of carbonyl (C=O) groups excluding carboxylic acids is 1. The fraction of sp³-hybridized carbons (Fsp3) is 0.143. The van der Waals surface area contributed by atoms with Gasteiger partial charge in [-0.25, -0.2) is 4.98 Å². The fourth-order valence-corrected chi connectivity index (χ4v) is 0.868. The molecule has 0 aliphatic heterocycles. The second kappa shape index (κ2) is 3.46. The van der Waals surface area contributed by atoms with Crippen LogP contribution in [0, 0.1) is 0 Å². The van der Waals surface area contributed by atoms with Gasteiger partial charge in [0, 0.05) is 11.8 Å². The van der Waals surface area contributed by atoms with Crippen LogP contribution in [-0.2, 0) is 0 Å². The van der Waals surface area contributed by atoms with Crippen LogP contribution < -0.4 is 5.73 Å². The van der Waals surface area contributed by atoms with Gasteiger partial charge in [0.1, 0.15) is 5.15 Å². The molecular formula is C7H7ClN2O. The van der Waals surface area contributed by atoms with E-state index in [1.807, 2.05) is 0 Å². The quantitative estimate of drug-likeness (QED) is 0.530. The largest absolute Gasteiger partial charge is 0.324 e. The lowest BCUT2D eigenvalue weighted by Gasteiger charge is -1.95. The van der Waals surface area contributed by atoms with Crippen molar-refractivity contribution in [1.82, 2.24) is 4.98 Å². The number of Topliss-reactive ketones (excluding diaryl/α,β-unsaturated/α-hetero) is 1. The van der Waals surface area contributed by atoms with E-state index in [1.54, 1.807) is 6.07 Å². The van der Waals surface area contributed by atoms with E-state index in [2.05, 4.69) is 4.98 Å². The van der Waals surface area contributed by atoms with Crippen LogP contribution >= 0.6 is 11.6 Å². The van der Waals surface area contributed by atoms with Crippen LogP contribution in [0.4, 0.5) is 0 Å². The van der Waals surface area contributed by atoms with Crippen molar-refractivity contribution in [3.63, 3.8) is 0 Å². The molecule has 0 unspecified atom stereocenters.